The lowest BCUT2D eigenvalue weighted by atomic mass is 9.50. The number of rotatable bonds is 7. The highest BCUT2D eigenvalue weighted by molar-refractivity contribution is 6.23. The van der Waals surface area contributed by atoms with Crippen molar-refractivity contribution in [3.8, 4) is 0 Å². The fourth-order valence-corrected chi connectivity index (χ4v) is 8.26. The van der Waals surface area contributed by atoms with Crippen LogP contribution in [0.3, 0.4) is 0 Å². The molecule has 2 aliphatic carbocycles. The minimum Gasteiger partial charge on any atom is -0.462 e. The molecule has 2 heterocycles. The number of epoxide rings is 1. The van der Waals surface area contributed by atoms with Gasteiger partial charge in [-0.15, -0.1) is 11.6 Å². The van der Waals surface area contributed by atoms with Gasteiger partial charge in [-0.2, -0.15) is 0 Å². The lowest BCUT2D eigenvalue weighted by Gasteiger charge is -2.61. The average molecular weight is 687 g/mol. The van der Waals surface area contributed by atoms with Crippen molar-refractivity contribution in [1.82, 2.24) is 0 Å². The smallest absolute Gasteiger partial charge is 0.312 e. The van der Waals surface area contributed by atoms with Gasteiger partial charge in [-0.25, -0.2) is 0 Å². The zero-order valence-corrected chi connectivity index (χ0v) is 28.5. The van der Waals surface area contributed by atoms with Gasteiger partial charge in [0.1, 0.15) is 36.6 Å². The summed E-state index contributed by atoms with van der Waals surface area (Å²) in [6, 6.07) is 0. The Bertz CT molecular complexity index is 1350. The quantitative estimate of drug-likeness (QED) is 0.135. The molecule has 2 saturated heterocycles. The summed E-state index contributed by atoms with van der Waals surface area (Å²) in [5, 5.41) is 11.5. The Hall–Kier alpha value is -3.23. The Kier molecular flexibility index (Phi) is 10.1. The van der Waals surface area contributed by atoms with E-state index in [4.69, 9.17) is 44.8 Å². The van der Waals surface area contributed by atoms with Crippen molar-refractivity contribution in [2.24, 2.45) is 17.3 Å². The Morgan fingerprint density at radius 3 is 2.04 bits per heavy atom. The number of halogens is 1. The van der Waals surface area contributed by atoms with Gasteiger partial charge in [0.25, 0.3) is 0 Å². The lowest BCUT2D eigenvalue weighted by Crippen LogP contribution is -2.76. The molecule has 2 aliphatic heterocycles. The first-order valence-corrected chi connectivity index (χ1v) is 16.0. The molecule has 0 spiro atoms. The predicted molar refractivity (Wildman–Crippen MR) is 159 cm³/mol. The molecule has 0 radical (unpaired) electrons. The highest BCUT2D eigenvalue weighted by Crippen LogP contribution is 2.62. The molecule has 262 valence electrons. The third-order valence-corrected chi connectivity index (χ3v) is 10.5. The highest BCUT2D eigenvalue weighted by Gasteiger charge is 2.77. The van der Waals surface area contributed by atoms with Gasteiger partial charge in [0.2, 0.25) is 0 Å². The Morgan fingerprint density at radius 1 is 0.936 bits per heavy atom. The molecule has 14 nitrogen and oxygen atoms in total. The number of ether oxygens (including phenoxy) is 7. The van der Waals surface area contributed by atoms with Crippen LogP contribution in [0, 0.1) is 17.3 Å². The van der Waals surface area contributed by atoms with E-state index in [9.17, 15) is 33.9 Å². The SMILES string of the molecule is C=C1[C@H]2O[C@H]2[C@@H](OC(C)=O)[C@@]2(C)[C@@H](OC(C)=O)C[C@@H](OC(=O)CCC)[C@@](C)(OC(C)=O)[C@@H]2[C@@H](OC(C)=O)C2(O)[C@@H](C)C(=O)O[C@H]2[C@H]1Cl. The van der Waals surface area contributed by atoms with E-state index in [1.165, 1.54) is 13.8 Å². The average Bonchev–Trinajstić information content (AvgIpc) is 3.70. The van der Waals surface area contributed by atoms with Crippen molar-refractivity contribution >= 4 is 47.4 Å². The number of esters is 6. The molecule has 13 atom stereocenters. The first-order valence-electron chi connectivity index (χ1n) is 15.6. The van der Waals surface area contributed by atoms with Gasteiger partial charge >= 0.3 is 35.8 Å². The monoisotopic (exact) mass is 686 g/mol. The number of carbonyl (C=O) groups is 6. The zero-order chi connectivity index (χ0) is 35.4. The summed E-state index contributed by atoms with van der Waals surface area (Å²) in [4.78, 5) is 77.7. The van der Waals surface area contributed by atoms with E-state index >= 15 is 0 Å². The maximum atomic E-state index is 13.3. The Labute approximate surface area is 277 Å². The van der Waals surface area contributed by atoms with Crippen molar-refractivity contribution in [3.63, 3.8) is 0 Å². The predicted octanol–water partition coefficient (Wildman–Crippen LogP) is 2.08. The summed E-state index contributed by atoms with van der Waals surface area (Å²) < 4.78 is 41.4. The minimum absolute atomic E-state index is 0.0186. The van der Waals surface area contributed by atoms with Crippen molar-refractivity contribution in [1.29, 1.82) is 0 Å². The molecule has 0 aromatic carbocycles. The van der Waals surface area contributed by atoms with Crippen LogP contribution in [-0.2, 0) is 61.9 Å². The molecule has 47 heavy (non-hydrogen) atoms. The van der Waals surface area contributed by atoms with Crippen molar-refractivity contribution in [3.05, 3.63) is 12.2 Å². The third-order valence-electron chi connectivity index (χ3n) is 9.96. The van der Waals surface area contributed by atoms with E-state index in [1.54, 1.807) is 13.8 Å². The Balaban J connectivity index is 2.16. The van der Waals surface area contributed by atoms with Crippen LogP contribution in [0.2, 0.25) is 0 Å². The van der Waals surface area contributed by atoms with Crippen LogP contribution in [0.15, 0.2) is 12.2 Å². The van der Waals surface area contributed by atoms with E-state index < -0.39 is 112 Å². The van der Waals surface area contributed by atoms with Gasteiger partial charge in [-0.05, 0) is 25.8 Å². The van der Waals surface area contributed by atoms with E-state index in [-0.39, 0.29) is 18.4 Å². The molecule has 4 aliphatic rings. The molecule has 0 aromatic heterocycles. The molecule has 0 bridgehead atoms. The molecule has 15 heteroatoms. The molecular formula is C32H43ClO14. The van der Waals surface area contributed by atoms with Gasteiger partial charge in [0.15, 0.2) is 17.3 Å². The van der Waals surface area contributed by atoms with Crippen LogP contribution < -0.4 is 0 Å². The summed E-state index contributed by atoms with van der Waals surface area (Å²) in [6.45, 7) is 14.6. The van der Waals surface area contributed by atoms with E-state index in [0.717, 1.165) is 27.7 Å². The molecule has 2 saturated carbocycles. The van der Waals surface area contributed by atoms with Crippen molar-refractivity contribution in [2.45, 2.75) is 134 Å². The molecule has 1 N–H and O–H groups in total. The summed E-state index contributed by atoms with van der Waals surface area (Å²) in [6.07, 6.45) is -9.24. The number of alkyl halides is 1. The maximum Gasteiger partial charge on any atom is 0.312 e. The Morgan fingerprint density at radius 2 is 1.51 bits per heavy atom. The summed E-state index contributed by atoms with van der Waals surface area (Å²) in [7, 11) is 0. The largest absolute Gasteiger partial charge is 0.462 e. The number of aliphatic hydroxyl groups is 1. The van der Waals surface area contributed by atoms with Gasteiger partial charge < -0.3 is 38.3 Å². The fraction of sp³-hybridized carbons (Fsp3) is 0.750. The van der Waals surface area contributed by atoms with Crippen LogP contribution in [-0.4, -0.2) is 100 Å². The fourth-order valence-electron chi connectivity index (χ4n) is 7.89. The summed E-state index contributed by atoms with van der Waals surface area (Å²) in [5.74, 6) is -7.84. The first kappa shape index (κ1) is 36.6. The van der Waals surface area contributed by atoms with Crippen molar-refractivity contribution < 1.29 is 67.0 Å². The van der Waals surface area contributed by atoms with E-state index in [2.05, 4.69) is 6.58 Å². The second-order valence-electron chi connectivity index (χ2n) is 13.2. The topological polar surface area (TPSA) is 191 Å². The molecule has 4 fully saturated rings. The standard InChI is InChI=1S/C32H43ClO14/c1-10-11-21(38)44-20-12-19(41-15(4)34)30(8)25(31(20,9)47-18(7)37)28(43-17(6)36)32(40)14(3)29(39)46-26(32)22(33)13(2)23-24(45-23)27(30)42-16(5)35/h14,19-20,22-28,40H,2,10-12H2,1,3-9H3/t14-,19-,20+,22-,23+,24+,25+,26-,27+,28+,30-,31+,32?/m0/s1. The first-order chi connectivity index (χ1) is 21.7. The van der Waals surface area contributed by atoms with Crippen LogP contribution in [0.5, 0.6) is 0 Å². The zero-order valence-electron chi connectivity index (χ0n) is 27.7. The van der Waals surface area contributed by atoms with Crippen LogP contribution in [0.1, 0.15) is 74.7 Å². The molecule has 0 aromatic rings. The maximum absolute atomic E-state index is 13.3. The van der Waals surface area contributed by atoms with E-state index in [1.807, 2.05) is 0 Å². The van der Waals surface area contributed by atoms with E-state index in [0.29, 0.717) is 6.42 Å². The van der Waals surface area contributed by atoms with Crippen LogP contribution >= 0.6 is 11.6 Å². The van der Waals surface area contributed by atoms with Crippen LogP contribution in [0.4, 0.5) is 0 Å². The number of hydrogen-bond acceptors (Lipinski definition) is 14. The second-order valence-corrected chi connectivity index (χ2v) is 13.7. The lowest BCUT2D eigenvalue weighted by molar-refractivity contribution is -0.296. The number of hydrogen-bond donors (Lipinski definition) is 1. The van der Waals surface area contributed by atoms with Gasteiger partial charge in [0, 0.05) is 40.5 Å². The molecular weight excluding hydrogens is 644 g/mol. The molecule has 4 rings (SSSR count). The number of carbonyl (C=O) groups excluding carboxylic acids is 6. The normalized spacial score (nSPS) is 42.3. The van der Waals surface area contributed by atoms with Gasteiger partial charge in [-0.1, -0.05) is 20.4 Å². The van der Waals surface area contributed by atoms with Gasteiger partial charge in [-0.3, -0.25) is 28.8 Å². The summed E-state index contributed by atoms with van der Waals surface area (Å²) >= 11 is 6.87. The summed E-state index contributed by atoms with van der Waals surface area (Å²) in [5.41, 5.74) is -6.06. The van der Waals surface area contributed by atoms with Gasteiger partial charge in [0.05, 0.1) is 22.6 Å². The second kappa shape index (κ2) is 13.0. The van der Waals surface area contributed by atoms with Crippen molar-refractivity contribution in [2.75, 3.05) is 0 Å². The molecule has 0 amide bonds. The minimum atomic E-state index is -2.47. The highest BCUT2D eigenvalue weighted by atomic mass is 35.5. The number of fused-ring (bicyclic) bond motifs is 3. The molecule has 1 unspecified atom stereocenters. The third kappa shape index (κ3) is 6.24. The van der Waals surface area contributed by atoms with Crippen LogP contribution in [0.25, 0.3) is 0 Å².